The molecule has 29 heavy (non-hydrogen) atoms. The molecule has 3 heterocycles. The van der Waals surface area contributed by atoms with Gasteiger partial charge in [0.15, 0.2) is 5.69 Å². The van der Waals surface area contributed by atoms with Crippen LogP contribution in [0.25, 0.3) is 0 Å². The summed E-state index contributed by atoms with van der Waals surface area (Å²) in [4.78, 5) is 27.2. The summed E-state index contributed by atoms with van der Waals surface area (Å²) in [5, 5.41) is 9.95. The molecule has 9 nitrogen and oxygen atoms in total. The lowest BCUT2D eigenvalue weighted by Crippen LogP contribution is -2.41. The maximum absolute atomic E-state index is 13.0. The third-order valence-electron chi connectivity index (χ3n) is 4.36. The molecule has 13 heteroatoms. The Bertz CT molecular complexity index is 933. The number of nitrogens with zero attached hydrogens (tertiary/aromatic N) is 5. The number of hydrogen-bond donors (Lipinski definition) is 1. The molecule has 2 amide bonds. The Morgan fingerprint density at radius 3 is 2.48 bits per heavy atom. The Morgan fingerprint density at radius 1 is 1.28 bits per heavy atom. The average molecular weight is 479 g/mol. The molecule has 3 rings (SSSR count). The van der Waals surface area contributed by atoms with E-state index in [-0.39, 0.29) is 23.0 Å². The van der Waals surface area contributed by atoms with Crippen LogP contribution in [0.3, 0.4) is 0 Å². The minimum Gasteiger partial charge on any atom is -0.378 e. The van der Waals surface area contributed by atoms with Gasteiger partial charge >= 0.3 is 6.18 Å². The molecule has 158 valence electrons. The zero-order valence-corrected chi connectivity index (χ0v) is 17.2. The highest BCUT2D eigenvalue weighted by atomic mass is 79.9. The van der Waals surface area contributed by atoms with Crippen LogP contribution in [-0.2, 0) is 24.5 Å². The van der Waals surface area contributed by atoms with E-state index in [0.29, 0.717) is 32.8 Å². The van der Waals surface area contributed by atoms with Crippen molar-refractivity contribution in [3.05, 3.63) is 27.8 Å². The van der Waals surface area contributed by atoms with E-state index < -0.39 is 22.3 Å². The summed E-state index contributed by atoms with van der Waals surface area (Å²) in [6.45, 7) is 3.73. The van der Waals surface area contributed by atoms with Gasteiger partial charge in [0.05, 0.1) is 29.6 Å². The van der Waals surface area contributed by atoms with Gasteiger partial charge in [-0.1, -0.05) is 0 Å². The van der Waals surface area contributed by atoms with E-state index in [4.69, 9.17) is 4.74 Å². The Labute approximate surface area is 171 Å². The average Bonchev–Trinajstić information content (AvgIpc) is 3.21. The first kappa shape index (κ1) is 21.3. The van der Waals surface area contributed by atoms with Crippen LogP contribution in [0.2, 0.25) is 0 Å². The number of carbonyl (C=O) groups excluding carboxylic acids is 2. The zero-order chi connectivity index (χ0) is 21.3. The van der Waals surface area contributed by atoms with Gasteiger partial charge in [0.1, 0.15) is 11.4 Å². The molecule has 1 aliphatic heterocycles. The van der Waals surface area contributed by atoms with Gasteiger partial charge < -0.3 is 15.0 Å². The van der Waals surface area contributed by atoms with E-state index >= 15 is 0 Å². The molecule has 0 aliphatic carbocycles. The quantitative estimate of drug-likeness (QED) is 0.726. The molecule has 1 fully saturated rings. The highest BCUT2D eigenvalue weighted by Gasteiger charge is 2.39. The predicted molar refractivity (Wildman–Crippen MR) is 98.5 cm³/mol. The second-order valence-electron chi connectivity index (χ2n) is 6.21. The van der Waals surface area contributed by atoms with Crippen LogP contribution in [-0.4, -0.2) is 62.6 Å². The first-order valence-corrected chi connectivity index (χ1v) is 9.48. The third kappa shape index (κ3) is 4.15. The van der Waals surface area contributed by atoms with Gasteiger partial charge in [-0.3, -0.25) is 19.0 Å². The topological polar surface area (TPSA) is 94.3 Å². The number of halogens is 4. The molecule has 2 aromatic rings. The van der Waals surface area contributed by atoms with Gasteiger partial charge in [0, 0.05) is 26.7 Å². The summed E-state index contributed by atoms with van der Waals surface area (Å²) in [6, 6.07) is 0. The standard InChI is InChI=1S/C16H18BrF3N6O3/c1-3-26-11(15(28)25-4-6-29-7-5-25)9(8-21-26)22-14(27)12-10(17)13(16(18,19)20)23-24(12)2/h8H,3-7H2,1-2H3,(H,22,27). The van der Waals surface area contributed by atoms with Crippen molar-refractivity contribution in [3.8, 4) is 0 Å². The first-order chi connectivity index (χ1) is 13.6. The summed E-state index contributed by atoms with van der Waals surface area (Å²) < 4.78 is 46.2. The van der Waals surface area contributed by atoms with Gasteiger partial charge in [0.2, 0.25) is 0 Å². The van der Waals surface area contributed by atoms with Gasteiger partial charge in [-0.2, -0.15) is 23.4 Å². The number of aryl methyl sites for hydroxylation is 2. The number of rotatable bonds is 4. The Kier molecular flexibility index (Phi) is 5.98. The number of amides is 2. The highest BCUT2D eigenvalue weighted by molar-refractivity contribution is 9.10. The van der Waals surface area contributed by atoms with Crippen molar-refractivity contribution in [2.45, 2.75) is 19.6 Å². The minimum absolute atomic E-state index is 0.106. The maximum Gasteiger partial charge on any atom is 0.436 e. The van der Waals surface area contributed by atoms with Crippen molar-refractivity contribution in [2.75, 3.05) is 31.6 Å². The van der Waals surface area contributed by atoms with Gasteiger partial charge in [0.25, 0.3) is 11.8 Å². The van der Waals surface area contributed by atoms with Crippen LogP contribution >= 0.6 is 15.9 Å². The van der Waals surface area contributed by atoms with E-state index in [1.54, 1.807) is 11.8 Å². The van der Waals surface area contributed by atoms with Crippen molar-refractivity contribution in [2.24, 2.45) is 7.05 Å². The number of anilines is 1. The van der Waals surface area contributed by atoms with Crippen molar-refractivity contribution >= 4 is 33.4 Å². The van der Waals surface area contributed by atoms with Crippen LogP contribution in [0.1, 0.15) is 33.6 Å². The molecule has 0 aromatic carbocycles. The highest BCUT2D eigenvalue weighted by Crippen LogP contribution is 2.35. The van der Waals surface area contributed by atoms with Gasteiger partial charge in [-0.25, -0.2) is 0 Å². The summed E-state index contributed by atoms with van der Waals surface area (Å²) in [5.74, 6) is -1.20. The smallest absolute Gasteiger partial charge is 0.378 e. The summed E-state index contributed by atoms with van der Waals surface area (Å²) in [5.41, 5.74) is -1.28. The fraction of sp³-hybridized carbons (Fsp3) is 0.500. The van der Waals surface area contributed by atoms with Crippen molar-refractivity contribution in [1.82, 2.24) is 24.5 Å². The van der Waals surface area contributed by atoms with E-state index in [1.807, 2.05) is 0 Å². The number of carbonyl (C=O) groups is 2. The molecule has 1 N–H and O–H groups in total. The molecular formula is C16H18BrF3N6O3. The largest absolute Gasteiger partial charge is 0.436 e. The van der Waals surface area contributed by atoms with E-state index in [9.17, 15) is 22.8 Å². The van der Waals surface area contributed by atoms with E-state index in [1.165, 1.54) is 17.9 Å². The van der Waals surface area contributed by atoms with Crippen LogP contribution in [0.15, 0.2) is 10.7 Å². The molecule has 0 atom stereocenters. The van der Waals surface area contributed by atoms with Crippen molar-refractivity contribution in [3.63, 3.8) is 0 Å². The number of morpholine rings is 1. The van der Waals surface area contributed by atoms with Crippen LogP contribution < -0.4 is 5.32 Å². The second-order valence-corrected chi connectivity index (χ2v) is 7.01. The summed E-state index contributed by atoms with van der Waals surface area (Å²) in [7, 11) is 1.23. The second kappa shape index (κ2) is 8.14. The van der Waals surface area contributed by atoms with Crippen LogP contribution in [0.4, 0.5) is 18.9 Å². The van der Waals surface area contributed by atoms with Crippen LogP contribution in [0, 0.1) is 0 Å². The van der Waals surface area contributed by atoms with E-state index in [2.05, 4.69) is 31.4 Å². The maximum atomic E-state index is 13.0. The summed E-state index contributed by atoms with van der Waals surface area (Å²) >= 11 is 2.81. The molecule has 0 spiro atoms. The lowest BCUT2D eigenvalue weighted by molar-refractivity contribution is -0.142. The Balaban J connectivity index is 1.91. The number of alkyl halides is 3. The van der Waals surface area contributed by atoms with Gasteiger partial charge in [-0.05, 0) is 22.9 Å². The Hall–Kier alpha value is -2.41. The molecule has 2 aromatic heterocycles. The molecule has 0 bridgehead atoms. The molecule has 1 aliphatic rings. The monoisotopic (exact) mass is 478 g/mol. The number of ether oxygens (including phenoxy) is 1. The number of aromatic nitrogens is 4. The fourth-order valence-corrected chi connectivity index (χ4v) is 3.71. The SMILES string of the molecule is CCn1ncc(NC(=O)c2c(Br)c(C(F)(F)F)nn2C)c1C(=O)N1CCOCC1. The summed E-state index contributed by atoms with van der Waals surface area (Å²) in [6.07, 6.45) is -3.43. The first-order valence-electron chi connectivity index (χ1n) is 8.69. The van der Waals surface area contributed by atoms with Gasteiger partial charge in [-0.15, -0.1) is 0 Å². The normalized spacial score (nSPS) is 14.9. The molecular weight excluding hydrogens is 461 g/mol. The van der Waals surface area contributed by atoms with Crippen molar-refractivity contribution in [1.29, 1.82) is 0 Å². The predicted octanol–water partition coefficient (Wildman–Crippen LogP) is 2.14. The molecule has 0 saturated carbocycles. The zero-order valence-electron chi connectivity index (χ0n) is 15.6. The van der Waals surface area contributed by atoms with E-state index in [0.717, 1.165) is 4.68 Å². The third-order valence-corrected chi connectivity index (χ3v) is 5.11. The molecule has 0 radical (unpaired) electrons. The minimum atomic E-state index is -4.72. The van der Waals surface area contributed by atoms with Crippen LogP contribution in [0.5, 0.6) is 0 Å². The lowest BCUT2D eigenvalue weighted by atomic mass is 10.2. The Morgan fingerprint density at radius 2 is 1.93 bits per heavy atom. The lowest BCUT2D eigenvalue weighted by Gasteiger charge is -2.27. The fourth-order valence-electron chi connectivity index (χ4n) is 2.97. The molecule has 0 unspecified atom stereocenters. The molecule has 1 saturated heterocycles. The number of hydrogen-bond acceptors (Lipinski definition) is 5. The van der Waals surface area contributed by atoms with Crippen molar-refractivity contribution < 1.29 is 27.5 Å². The number of nitrogens with one attached hydrogen (secondary N) is 1.